The van der Waals surface area contributed by atoms with Crippen LogP contribution in [0.15, 0.2) is 0 Å². The van der Waals surface area contributed by atoms with Crippen LogP contribution in [-0.4, -0.2) is 127 Å². The van der Waals surface area contributed by atoms with E-state index in [9.17, 15) is 40.2 Å². The summed E-state index contributed by atoms with van der Waals surface area (Å²) in [4.78, 5) is 23.8. The van der Waals surface area contributed by atoms with Crippen LogP contribution in [-0.2, 0) is 9.47 Å². The Balaban J connectivity index is 1.89. The van der Waals surface area contributed by atoms with Crippen molar-refractivity contribution in [2.24, 2.45) is 0 Å². The molecule has 2 aliphatic rings. The van der Waals surface area contributed by atoms with Crippen molar-refractivity contribution in [3.8, 4) is 0 Å². The average Bonchev–Trinajstić information content (AvgIpc) is 2.68. The molecule has 168 valence electrons. The lowest BCUT2D eigenvalue weighted by atomic mass is 9.98. The number of hydrogen-bond donors (Lipinski definition) is 11. The standard InChI is InChI=1S/C14H25N3O12/c18-1-3-5(20)7(22)9(24)11(28-3)15-13(26)17-14(27)16-12-10(25)8(23)6(21)4(2-19)29-12/h3-12,18-25H,1-2H2,(H3,15,16,17,26,27)/t3-,4-,5-,6+,7+,8+,9-,10-,11-,12-/m1/s1. The Hall–Kier alpha value is -1.66. The Labute approximate surface area is 163 Å². The number of amides is 4. The Morgan fingerprint density at radius 2 is 0.966 bits per heavy atom. The molecule has 0 saturated carbocycles. The fraction of sp³-hybridized carbons (Fsp3) is 0.857. The van der Waals surface area contributed by atoms with Crippen molar-refractivity contribution >= 4 is 12.1 Å². The molecule has 2 heterocycles. The summed E-state index contributed by atoms with van der Waals surface area (Å²) in [6, 6.07) is -2.45. The molecule has 15 heteroatoms. The molecule has 0 aromatic carbocycles. The van der Waals surface area contributed by atoms with Crippen LogP contribution in [0, 0.1) is 0 Å². The molecular weight excluding hydrogens is 402 g/mol. The lowest BCUT2D eigenvalue weighted by molar-refractivity contribution is -0.233. The molecule has 0 unspecified atom stereocenters. The van der Waals surface area contributed by atoms with E-state index in [1.54, 1.807) is 5.32 Å². The van der Waals surface area contributed by atoms with Crippen molar-refractivity contribution in [1.82, 2.24) is 16.0 Å². The van der Waals surface area contributed by atoms with Gasteiger partial charge in [-0.3, -0.25) is 5.32 Å². The number of ether oxygens (including phenoxy) is 2. The van der Waals surface area contributed by atoms with E-state index in [0.717, 1.165) is 0 Å². The highest BCUT2D eigenvalue weighted by Crippen LogP contribution is 2.20. The zero-order chi connectivity index (χ0) is 21.9. The molecule has 0 radical (unpaired) electrons. The summed E-state index contributed by atoms with van der Waals surface area (Å²) in [5, 5.41) is 82.2. The van der Waals surface area contributed by atoms with E-state index < -0.39 is 86.6 Å². The number of carbonyl (C=O) groups is 2. The van der Waals surface area contributed by atoms with E-state index in [-0.39, 0.29) is 0 Å². The van der Waals surface area contributed by atoms with Crippen LogP contribution < -0.4 is 16.0 Å². The maximum atomic E-state index is 11.9. The second-order valence-electron chi connectivity index (χ2n) is 6.57. The fourth-order valence-electron chi connectivity index (χ4n) is 2.88. The Kier molecular flexibility index (Phi) is 8.06. The average molecular weight is 427 g/mol. The van der Waals surface area contributed by atoms with Gasteiger partial charge in [-0.15, -0.1) is 0 Å². The van der Waals surface area contributed by atoms with E-state index in [2.05, 4.69) is 0 Å². The minimum absolute atomic E-state index is 0.720. The molecule has 11 N–H and O–H groups in total. The molecule has 0 aromatic heterocycles. The predicted molar refractivity (Wildman–Crippen MR) is 87.7 cm³/mol. The number of nitrogens with one attached hydrogen (secondary N) is 3. The molecule has 10 atom stereocenters. The first-order valence-corrected chi connectivity index (χ1v) is 8.59. The van der Waals surface area contributed by atoms with Crippen LogP contribution in [0.2, 0.25) is 0 Å². The van der Waals surface area contributed by atoms with Gasteiger partial charge in [0.2, 0.25) is 0 Å². The monoisotopic (exact) mass is 427 g/mol. The first-order chi connectivity index (χ1) is 13.6. The molecule has 15 nitrogen and oxygen atoms in total. The summed E-state index contributed by atoms with van der Waals surface area (Å²) >= 11 is 0. The number of rotatable bonds is 4. The van der Waals surface area contributed by atoms with E-state index in [1.165, 1.54) is 0 Å². The third-order valence-corrected chi connectivity index (χ3v) is 4.56. The van der Waals surface area contributed by atoms with Crippen molar-refractivity contribution in [2.45, 2.75) is 61.3 Å². The number of aliphatic hydroxyl groups excluding tert-OH is 8. The molecule has 0 aliphatic carbocycles. The molecule has 2 saturated heterocycles. The van der Waals surface area contributed by atoms with Crippen molar-refractivity contribution in [3.05, 3.63) is 0 Å². The van der Waals surface area contributed by atoms with Gasteiger partial charge in [-0.05, 0) is 0 Å². The molecule has 0 aromatic rings. The van der Waals surface area contributed by atoms with Gasteiger partial charge in [0.05, 0.1) is 13.2 Å². The lowest BCUT2D eigenvalue weighted by Gasteiger charge is -2.40. The van der Waals surface area contributed by atoms with Crippen LogP contribution in [0.5, 0.6) is 0 Å². The number of imide groups is 1. The van der Waals surface area contributed by atoms with Crippen molar-refractivity contribution in [1.29, 1.82) is 0 Å². The molecule has 0 bridgehead atoms. The number of carbonyl (C=O) groups excluding carboxylic acids is 2. The lowest BCUT2D eigenvalue weighted by Crippen LogP contribution is -2.66. The highest BCUT2D eigenvalue weighted by molar-refractivity contribution is 5.93. The number of urea groups is 2. The van der Waals surface area contributed by atoms with Gasteiger partial charge >= 0.3 is 12.1 Å². The first-order valence-electron chi connectivity index (χ1n) is 8.59. The van der Waals surface area contributed by atoms with Gasteiger partial charge in [0.15, 0.2) is 12.5 Å². The van der Waals surface area contributed by atoms with E-state index in [1.807, 2.05) is 10.6 Å². The van der Waals surface area contributed by atoms with Crippen molar-refractivity contribution < 1.29 is 59.9 Å². The molecule has 2 fully saturated rings. The minimum atomic E-state index is -1.77. The topological polar surface area (TPSA) is 251 Å². The third-order valence-electron chi connectivity index (χ3n) is 4.56. The van der Waals surface area contributed by atoms with Crippen molar-refractivity contribution in [3.63, 3.8) is 0 Å². The summed E-state index contributed by atoms with van der Waals surface area (Å²) in [6.45, 7) is -1.44. The van der Waals surface area contributed by atoms with Gasteiger partial charge in [0.25, 0.3) is 0 Å². The molecule has 2 aliphatic heterocycles. The summed E-state index contributed by atoms with van der Waals surface area (Å²) < 4.78 is 10.1. The highest BCUT2D eigenvalue weighted by atomic mass is 16.6. The van der Waals surface area contributed by atoms with Crippen LogP contribution in [0.25, 0.3) is 0 Å². The van der Waals surface area contributed by atoms with Gasteiger partial charge in [-0.25, -0.2) is 9.59 Å². The SMILES string of the molecule is O=C(NC(=O)N[C@@H]1O[C@H](CO)[C@@H](O)[C@H](O)[C@H]1O)N[C@@H]1O[C@H](CO)[C@H](O)[C@H](O)[C@H]1O. The Morgan fingerprint density at radius 1 is 0.621 bits per heavy atom. The normalized spacial score (nSPS) is 42.8. The van der Waals surface area contributed by atoms with Crippen LogP contribution in [0.4, 0.5) is 9.59 Å². The van der Waals surface area contributed by atoms with Crippen LogP contribution in [0.3, 0.4) is 0 Å². The first kappa shape index (κ1) is 23.6. The maximum Gasteiger partial charge on any atom is 0.324 e. The van der Waals surface area contributed by atoms with E-state index in [4.69, 9.17) is 19.7 Å². The Morgan fingerprint density at radius 3 is 1.28 bits per heavy atom. The highest BCUT2D eigenvalue weighted by Gasteiger charge is 2.45. The largest absolute Gasteiger partial charge is 0.394 e. The summed E-state index contributed by atoms with van der Waals surface area (Å²) in [5.74, 6) is 0. The zero-order valence-electron chi connectivity index (χ0n) is 14.9. The molecule has 0 spiro atoms. The maximum absolute atomic E-state index is 11.9. The van der Waals surface area contributed by atoms with E-state index >= 15 is 0 Å². The van der Waals surface area contributed by atoms with Gasteiger partial charge < -0.3 is 61.0 Å². The second kappa shape index (κ2) is 9.90. The third kappa shape index (κ3) is 5.28. The quantitative estimate of drug-likeness (QED) is 0.200. The number of aliphatic hydroxyl groups is 8. The molecular formula is C14H25N3O12. The zero-order valence-corrected chi connectivity index (χ0v) is 14.9. The van der Waals surface area contributed by atoms with E-state index in [0.29, 0.717) is 0 Å². The Bertz CT molecular complexity index is 530. The van der Waals surface area contributed by atoms with Gasteiger partial charge in [-0.2, -0.15) is 0 Å². The van der Waals surface area contributed by atoms with Crippen LogP contribution in [0.1, 0.15) is 0 Å². The predicted octanol–water partition coefficient (Wildman–Crippen LogP) is -6.40. The molecule has 4 amide bonds. The van der Waals surface area contributed by atoms with Gasteiger partial charge in [-0.1, -0.05) is 0 Å². The van der Waals surface area contributed by atoms with Crippen LogP contribution >= 0.6 is 0 Å². The van der Waals surface area contributed by atoms with Gasteiger partial charge in [0, 0.05) is 0 Å². The van der Waals surface area contributed by atoms with Crippen molar-refractivity contribution in [2.75, 3.05) is 13.2 Å². The fourth-order valence-corrected chi connectivity index (χ4v) is 2.88. The number of hydrogen-bond acceptors (Lipinski definition) is 12. The summed E-state index contributed by atoms with van der Waals surface area (Å²) in [7, 11) is 0. The summed E-state index contributed by atoms with van der Waals surface area (Å²) in [5.41, 5.74) is 0. The minimum Gasteiger partial charge on any atom is -0.394 e. The van der Waals surface area contributed by atoms with Gasteiger partial charge in [0.1, 0.15) is 48.8 Å². The molecule has 29 heavy (non-hydrogen) atoms. The summed E-state index contributed by atoms with van der Waals surface area (Å²) in [6.07, 6.45) is -16.0. The smallest absolute Gasteiger partial charge is 0.324 e. The second-order valence-corrected chi connectivity index (χ2v) is 6.57. The molecule has 2 rings (SSSR count).